The van der Waals surface area contributed by atoms with E-state index in [1.807, 2.05) is 0 Å². The fraction of sp³-hybridized carbons (Fsp3) is 0.800. The predicted molar refractivity (Wildman–Crippen MR) is 24.8 cm³/mol. The molecule has 44 valence electrons. The Morgan fingerprint density at radius 2 is 2.12 bits per heavy atom. The number of carbonyl (C=O) groups excluding carboxylic acids is 1. The van der Waals surface area contributed by atoms with Gasteiger partial charge in [0.25, 0.3) is 6.47 Å². The summed E-state index contributed by atoms with van der Waals surface area (Å²) in [5, 5.41) is 0. The van der Waals surface area contributed by atoms with Crippen LogP contribution >= 0.6 is 0 Å². The molecule has 3 heteroatoms. The molecular weight excluding hydrogens is 271 g/mol. The molecule has 1 saturated carbocycles. The molecule has 1 aliphatic rings. The molecule has 0 saturated heterocycles. The van der Waals surface area contributed by atoms with Gasteiger partial charge in [-0.1, -0.05) is 0 Å². The molecule has 0 N–H and O–H groups in total. The summed E-state index contributed by atoms with van der Waals surface area (Å²) in [5.41, 5.74) is 0. The largest absolute Gasteiger partial charge is 0.465 e. The van der Waals surface area contributed by atoms with E-state index in [1.54, 1.807) is 0 Å². The van der Waals surface area contributed by atoms with Crippen molar-refractivity contribution in [1.29, 1.82) is 0 Å². The Balaban J connectivity index is 0.000000490. The smallest absolute Gasteiger partial charge is 0.293 e. The van der Waals surface area contributed by atoms with E-state index < -0.39 is 0 Å². The van der Waals surface area contributed by atoms with E-state index in [0.717, 1.165) is 12.8 Å². The summed E-state index contributed by atoms with van der Waals surface area (Å²) >= 11 is 0. The van der Waals surface area contributed by atoms with Gasteiger partial charge < -0.3 is 4.74 Å². The van der Waals surface area contributed by atoms with Gasteiger partial charge in [-0.15, -0.1) is 0 Å². The van der Waals surface area contributed by atoms with Gasteiger partial charge in [0.05, 0.1) is 0 Å². The van der Waals surface area contributed by atoms with Gasteiger partial charge in [-0.3, -0.25) is 4.79 Å². The third-order valence-electron chi connectivity index (χ3n) is 1.30. The van der Waals surface area contributed by atoms with E-state index in [9.17, 15) is 4.79 Å². The molecular formula is C5H8HfO2. The third kappa shape index (κ3) is 2.07. The Morgan fingerprint density at radius 1 is 1.50 bits per heavy atom. The SMILES string of the molecule is O=COC1CCC1.[Hf]. The quantitative estimate of drug-likeness (QED) is 0.549. The normalized spacial score (nSPS) is 18.0. The molecule has 2 nitrogen and oxygen atoms in total. The zero-order valence-corrected chi connectivity index (χ0v) is 8.19. The average Bonchev–Trinajstić information content (AvgIpc) is 1.55. The van der Waals surface area contributed by atoms with Crippen LogP contribution in [0.2, 0.25) is 0 Å². The summed E-state index contributed by atoms with van der Waals surface area (Å²) in [5.74, 6) is 0. The predicted octanol–water partition coefficient (Wildman–Crippen LogP) is 0.709. The molecule has 1 rings (SSSR count). The molecule has 0 aromatic heterocycles. The van der Waals surface area contributed by atoms with Gasteiger partial charge in [-0.05, 0) is 19.3 Å². The molecule has 1 aliphatic carbocycles. The maximum absolute atomic E-state index is 9.59. The Bertz CT molecular complexity index is 70.8. The molecule has 0 aliphatic heterocycles. The van der Waals surface area contributed by atoms with Crippen LogP contribution in [-0.4, -0.2) is 12.6 Å². The summed E-state index contributed by atoms with van der Waals surface area (Å²) in [4.78, 5) is 9.59. The van der Waals surface area contributed by atoms with Crippen LogP contribution < -0.4 is 0 Å². The molecule has 0 heterocycles. The summed E-state index contributed by atoms with van der Waals surface area (Å²) in [6, 6.07) is 0. The molecule has 0 unspecified atom stereocenters. The maximum Gasteiger partial charge on any atom is 0.293 e. The van der Waals surface area contributed by atoms with Crippen LogP contribution in [0.25, 0.3) is 0 Å². The van der Waals surface area contributed by atoms with Crippen molar-refractivity contribution >= 4 is 6.47 Å². The number of hydrogen-bond donors (Lipinski definition) is 0. The van der Waals surface area contributed by atoms with E-state index in [0.29, 0.717) is 6.47 Å². The third-order valence-corrected chi connectivity index (χ3v) is 1.30. The monoisotopic (exact) mass is 280 g/mol. The van der Waals surface area contributed by atoms with E-state index >= 15 is 0 Å². The van der Waals surface area contributed by atoms with Gasteiger partial charge in [0, 0.05) is 25.8 Å². The maximum atomic E-state index is 9.59. The van der Waals surface area contributed by atoms with Gasteiger partial charge in [0.15, 0.2) is 0 Å². The van der Waals surface area contributed by atoms with Crippen molar-refractivity contribution in [2.75, 3.05) is 0 Å². The van der Waals surface area contributed by atoms with Crippen LogP contribution in [-0.2, 0) is 35.4 Å². The molecule has 8 heavy (non-hydrogen) atoms. The van der Waals surface area contributed by atoms with Crippen LogP contribution in [0.1, 0.15) is 19.3 Å². The minimum absolute atomic E-state index is 0. The summed E-state index contributed by atoms with van der Waals surface area (Å²) in [6.45, 7) is 0.532. The number of hydrogen-bond acceptors (Lipinski definition) is 2. The summed E-state index contributed by atoms with van der Waals surface area (Å²) in [6.07, 6.45) is 3.62. The Hall–Kier alpha value is 0.340. The Kier molecular flexibility index (Phi) is 4.42. The molecule has 0 radical (unpaired) electrons. The summed E-state index contributed by atoms with van der Waals surface area (Å²) in [7, 11) is 0. The number of ether oxygens (including phenoxy) is 1. The van der Waals surface area contributed by atoms with E-state index in [-0.39, 0.29) is 31.9 Å². The minimum Gasteiger partial charge on any atom is -0.465 e. The fourth-order valence-electron chi connectivity index (χ4n) is 0.585. The zero-order valence-electron chi connectivity index (χ0n) is 4.59. The van der Waals surface area contributed by atoms with Crippen molar-refractivity contribution in [3.63, 3.8) is 0 Å². The van der Waals surface area contributed by atoms with Crippen molar-refractivity contribution in [3.05, 3.63) is 0 Å². The van der Waals surface area contributed by atoms with Crippen LogP contribution in [0.15, 0.2) is 0 Å². The van der Waals surface area contributed by atoms with Crippen LogP contribution in [0.5, 0.6) is 0 Å². The Morgan fingerprint density at radius 3 is 2.25 bits per heavy atom. The zero-order chi connectivity index (χ0) is 5.11. The molecule has 0 spiro atoms. The topological polar surface area (TPSA) is 26.3 Å². The number of rotatable bonds is 2. The van der Waals surface area contributed by atoms with Crippen LogP contribution in [0, 0.1) is 0 Å². The molecule has 0 aromatic carbocycles. The van der Waals surface area contributed by atoms with Crippen molar-refractivity contribution in [3.8, 4) is 0 Å². The van der Waals surface area contributed by atoms with Crippen molar-refractivity contribution < 1.29 is 35.4 Å². The second-order valence-electron chi connectivity index (χ2n) is 1.79. The van der Waals surface area contributed by atoms with Crippen molar-refractivity contribution in [1.82, 2.24) is 0 Å². The molecule has 0 bridgehead atoms. The van der Waals surface area contributed by atoms with Gasteiger partial charge in [-0.25, -0.2) is 0 Å². The van der Waals surface area contributed by atoms with Gasteiger partial charge >= 0.3 is 0 Å². The fourth-order valence-corrected chi connectivity index (χ4v) is 0.585. The van der Waals surface area contributed by atoms with Gasteiger partial charge in [0.2, 0.25) is 0 Å². The van der Waals surface area contributed by atoms with Crippen LogP contribution in [0.4, 0.5) is 0 Å². The molecule has 0 atom stereocenters. The van der Waals surface area contributed by atoms with E-state index in [1.165, 1.54) is 6.42 Å². The Labute approximate surface area is 67.4 Å². The van der Waals surface area contributed by atoms with Gasteiger partial charge in [0.1, 0.15) is 6.10 Å². The molecule has 0 aromatic rings. The first kappa shape index (κ1) is 8.34. The second-order valence-corrected chi connectivity index (χ2v) is 1.79. The average molecular weight is 279 g/mol. The minimum atomic E-state index is 0. The van der Waals surface area contributed by atoms with Crippen molar-refractivity contribution in [2.24, 2.45) is 0 Å². The first-order valence-electron chi connectivity index (χ1n) is 2.52. The van der Waals surface area contributed by atoms with Crippen LogP contribution in [0.3, 0.4) is 0 Å². The second kappa shape index (κ2) is 4.24. The summed E-state index contributed by atoms with van der Waals surface area (Å²) < 4.78 is 4.60. The molecule has 1 fully saturated rings. The van der Waals surface area contributed by atoms with E-state index in [2.05, 4.69) is 4.74 Å². The first-order chi connectivity index (χ1) is 3.43. The molecule has 0 amide bonds. The van der Waals surface area contributed by atoms with Gasteiger partial charge in [-0.2, -0.15) is 0 Å². The number of carbonyl (C=O) groups is 1. The first-order valence-corrected chi connectivity index (χ1v) is 2.52. The standard InChI is InChI=1S/C5H8O2.Hf/c6-4-7-5-2-1-3-5;/h4-5H,1-3H2;. The van der Waals surface area contributed by atoms with E-state index in [4.69, 9.17) is 0 Å². The van der Waals surface area contributed by atoms with Crippen molar-refractivity contribution in [2.45, 2.75) is 25.4 Å².